The van der Waals surface area contributed by atoms with Gasteiger partial charge in [0, 0.05) is 42.4 Å². The van der Waals surface area contributed by atoms with E-state index in [1.807, 2.05) is 18.2 Å². The number of ether oxygens (including phenoxy) is 1. The lowest BCUT2D eigenvalue weighted by Gasteiger charge is -2.32. The minimum atomic E-state index is -4.91. The van der Waals surface area contributed by atoms with Gasteiger partial charge in [-0.05, 0) is 59.7 Å². The van der Waals surface area contributed by atoms with E-state index in [4.69, 9.17) is 16.6 Å². The summed E-state index contributed by atoms with van der Waals surface area (Å²) in [6.07, 6.45) is 3.86. The Morgan fingerprint density at radius 2 is 2.00 bits per heavy atom. The van der Waals surface area contributed by atoms with Crippen LogP contribution in [0.3, 0.4) is 0 Å². The quantitative estimate of drug-likeness (QED) is 0.329. The number of anilines is 1. The standard InChI is InChI=1S/C25H24BrClF3N5O3S/c26-20-14-32-35-23(12-22(33-24(20)35)19-8-1-2-9-21(19)27)31-13-16-5-4-10-34(15-16)39(36,37)18-7-3-6-17(11-18)38-25(28,29)30/h3,6-9,11-12,14,16,31H,1-2,4-5,10,13,15H2. The van der Waals surface area contributed by atoms with Crippen molar-refractivity contribution in [1.82, 2.24) is 18.9 Å². The second kappa shape index (κ2) is 11.1. The third-order valence-electron chi connectivity index (χ3n) is 6.53. The summed E-state index contributed by atoms with van der Waals surface area (Å²) in [6, 6.07) is 6.33. The molecule has 1 fully saturated rings. The molecule has 1 aliphatic heterocycles. The van der Waals surface area contributed by atoms with Gasteiger partial charge in [0.25, 0.3) is 0 Å². The molecule has 2 aliphatic rings. The lowest BCUT2D eigenvalue weighted by Crippen LogP contribution is -2.41. The average molecular weight is 647 g/mol. The molecule has 1 aliphatic carbocycles. The molecule has 0 radical (unpaired) electrons. The Balaban J connectivity index is 1.33. The van der Waals surface area contributed by atoms with E-state index in [9.17, 15) is 21.6 Å². The number of hydrogen-bond acceptors (Lipinski definition) is 6. The highest BCUT2D eigenvalue weighted by atomic mass is 79.9. The third kappa shape index (κ3) is 6.26. The molecule has 1 N–H and O–H groups in total. The van der Waals surface area contributed by atoms with Gasteiger partial charge in [0.1, 0.15) is 11.6 Å². The van der Waals surface area contributed by atoms with Gasteiger partial charge in [-0.3, -0.25) is 0 Å². The Hall–Kier alpha value is -2.61. The predicted molar refractivity (Wildman–Crippen MR) is 145 cm³/mol. The molecule has 3 heterocycles. The number of sulfonamides is 1. The van der Waals surface area contributed by atoms with Gasteiger partial charge >= 0.3 is 6.36 Å². The van der Waals surface area contributed by atoms with Crippen LogP contribution in [0.4, 0.5) is 19.0 Å². The van der Waals surface area contributed by atoms with Crippen LogP contribution in [0.1, 0.15) is 31.4 Å². The summed E-state index contributed by atoms with van der Waals surface area (Å²) in [7, 11) is -4.02. The van der Waals surface area contributed by atoms with Crippen LogP contribution in [0.15, 0.2) is 63.1 Å². The van der Waals surface area contributed by atoms with Crippen LogP contribution < -0.4 is 10.1 Å². The van der Waals surface area contributed by atoms with Crippen molar-refractivity contribution in [2.45, 2.75) is 36.9 Å². The van der Waals surface area contributed by atoms with Crippen molar-refractivity contribution in [2.75, 3.05) is 25.0 Å². The van der Waals surface area contributed by atoms with Gasteiger partial charge in [-0.1, -0.05) is 29.8 Å². The molecule has 1 saturated heterocycles. The van der Waals surface area contributed by atoms with E-state index in [2.05, 4.69) is 31.1 Å². The van der Waals surface area contributed by atoms with Crippen molar-refractivity contribution >= 4 is 54.6 Å². The molecule has 14 heteroatoms. The van der Waals surface area contributed by atoms with Gasteiger partial charge in [-0.15, -0.1) is 13.2 Å². The number of hydrogen-bond donors (Lipinski definition) is 1. The fraction of sp³-hybridized carbons (Fsp3) is 0.360. The van der Waals surface area contributed by atoms with Crippen molar-refractivity contribution < 1.29 is 26.3 Å². The number of allylic oxidation sites excluding steroid dienone is 4. The zero-order valence-electron chi connectivity index (χ0n) is 20.5. The highest BCUT2D eigenvalue weighted by molar-refractivity contribution is 9.10. The van der Waals surface area contributed by atoms with E-state index in [0.29, 0.717) is 35.2 Å². The summed E-state index contributed by atoms with van der Waals surface area (Å²) in [5, 5.41) is 8.43. The van der Waals surface area contributed by atoms with E-state index in [1.165, 1.54) is 16.4 Å². The maximum Gasteiger partial charge on any atom is 0.573 e. The number of piperidine rings is 1. The monoisotopic (exact) mass is 645 g/mol. The van der Waals surface area contributed by atoms with Crippen LogP contribution >= 0.6 is 27.5 Å². The lowest BCUT2D eigenvalue weighted by molar-refractivity contribution is -0.274. The van der Waals surface area contributed by atoms with Gasteiger partial charge in [-0.2, -0.15) is 13.9 Å². The van der Waals surface area contributed by atoms with E-state index in [0.717, 1.165) is 41.4 Å². The van der Waals surface area contributed by atoms with Crippen LogP contribution in [0, 0.1) is 5.92 Å². The number of halogens is 5. The number of fused-ring (bicyclic) bond motifs is 1. The molecule has 0 saturated carbocycles. The van der Waals surface area contributed by atoms with Crippen LogP contribution in [-0.4, -0.2) is 53.3 Å². The molecule has 1 aromatic carbocycles. The summed E-state index contributed by atoms with van der Waals surface area (Å²) in [6.45, 7) is 0.934. The topological polar surface area (TPSA) is 88.8 Å². The maximum absolute atomic E-state index is 13.3. The SMILES string of the molecule is O=S(=O)(c1cccc(OC(F)(F)F)c1)N1CCCC(CNc2cc(C3=CCCC=C3Cl)nc3c(Br)cnn23)C1. The number of alkyl halides is 3. The Labute approximate surface area is 236 Å². The first kappa shape index (κ1) is 27.9. The van der Waals surface area contributed by atoms with Crippen molar-refractivity contribution in [3.8, 4) is 5.75 Å². The number of rotatable bonds is 7. The molecule has 208 valence electrons. The molecule has 3 aromatic rings. The smallest absolute Gasteiger partial charge is 0.406 e. The molecule has 1 atom stereocenters. The summed E-state index contributed by atoms with van der Waals surface area (Å²) >= 11 is 9.95. The molecule has 0 amide bonds. The fourth-order valence-corrected chi connectivity index (χ4v) is 6.94. The minimum absolute atomic E-state index is 0.0498. The molecule has 2 aromatic heterocycles. The predicted octanol–water partition coefficient (Wildman–Crippen LogP) is 6.20. The fourth-order valence-electron chi connectivity index (χ4n) is 4.71. The molecule has 0 spiro atoms. The minimum Gasteiger partial charge on any atom is -0.406 e. The van der Waals surface area contributed by atoms with E-state index in [-0.39, 0.29) is 23.9 Å². The number of benzene rings is 1. The molecule has 0 bridgehead atoms. The Morgan fingerprint density at radius 1 is 1.21 bits per heavy atom. The largest absolute Gasteiger partial charge is 0.573 e. The molecule has 8 nitrogen and oxygen atoms in total. The average Bonchev–Trinajstić information content (AvgIpc) is 3.27. The third-order valence-corrected chi connectivity index (χ3v) is 9.31. The van der Waals surface area contributed by atoms with Gasteiger partial charge < -0.3 is 10.1 Å². The van der Waals surface area contributed by atoms with E-state index >= 15 is 0 Å². The normalized spacial score (nSPS) is 19.1. The molecule has 39 heavy (non-hydrogen) atoms. The highest BCUT2D eigenvalue weighted by Crippen LogP contribution is 2.33. The van der Waals surface area contributed by atoms with Crippen LogP contribution in [0.5, 0.6) is 5.75 Å². The second-order valence-electron chi connectivity index (χ2n) is 9.28. The van der Waals surface area contributed by atoms with Crippen molar-refractivity contribution in [3.05, 3.63) is 63.9 Å². The van der Waals surface area contributed by atoms with Gasteiger partial charge in [0.2, 0.25) is 10.0 Å². The van der Waals surface area contributed by atoms with Crippen molar-refractivity contribution in [2.24, 2.45) is 5.92 Å². The van der Waals surface area contributed by atoms with Gasteiger partial charge in [0.15, 0.2) is 5.65 Å². The first-order valence-electron chi connectivity index (χ1n) is 12.2. The van der Waals surface area contributed by atoms with Crippen molar-refractivity contribution in [3.63, 3.8) is 0 Å². The second-order valence-corrected chi connectivity index (χ2v) is 12.5. The van der Waals surface area contributed by atoms with Crippen LogP contribution in [0.2, 0.25) is 0 Å². The zero-order valence-corrected chi connectivity index (χ0v) is 23.6. The van der Waals surface area contributed by atoms with Crippen molar-refractivity contribution in [1.29, 1.82) is 0 Å². The Kier molecular flexibility index (Phi) is 7.96. The maximum atomic E-state index is 13.3. The molecule has 1 unspecified atom stereocenters. The summed E-state index contributed by atoms with van der Waals surface area (Å²) in [4.78, 5) is 4.48. The molecular weight excluding hydrogens is 623 g/mol. The van der Waals surface area contributed by atoms with E-state index < -0.39 is 22.1 Å². The first-order valence-corrected chi connectivity index (χ1v) is 14.8. The summed E-state index contributed by atoms with van der Waals surface area (Å²) in [5.74, 6) is 0.0459. The Bertz CT molecular complexity index is 1560. The highest BCUT2D eigenvalue weighted by Gasteiger charge is 2.33. The summed E-state index contributed by atoms with van der Waals surface area (Å²) in [5.41, 5.74) is 2.15. The van der Waals surface area contributed by atoms with E-state index in [1.54, 1.807) is 10.7 Å². The van der Waals surface area contributed by atoms with Crippen LogP contribution in [-0.2, 0) is 10.0 Å². The molecule has 5 rings (SSSR count). The number of nitrogens with one attached hydrogen (secondary N) is 1. The van der Waals surface area contributed by atoms with Gasteiger partial charge in [-0.25, -0.2) is 13.4 Å². The van der Waals surface area contributed by atoms with Gasteiger partial charge in [0.05, 0.1) is 21.3 Å². The molecular formula is C25H24BrClF3N5O3S. The first-order chi connectivity index (χ1) is 18.5. The summed E-state index contributed by atoms with van der Waals surface area (Å²) < 4.78 is 72.0. The number of nitrogens with zero attached hydrogens (tertiary/aromatic N) is 4. The lowest BCUT2D eigenvalue weighted by atomic mass is 9.99. The number of aromatic nitrogens is 3. The Morgan fingerprint density at radius 3 is 2.77 bits per heavy atom. The zero-order chi connectivity index (χ0) is 27.8. The van der Waals surface area contributed by atoms with Crippen LogP contribution in [0.25, 0.3) is 11.2 Å².